The highest BCUT2D eigenvalue weighted by molar-refractivity contribution is 6.17. The Balaban J connectivity index is 2.36. The van der Waals surface area contributed by atoms with E-state index in [0.717, 1.165) is 28.2 Å². The summed E-state index contributed by atoms with van der Waals surface area (Å²) in [6.07, 6.45) is 0. The lowest BCUT2D eigenvalue weighted by molar-refractivity contribution is 0.474. The van der Waals surface area contributed by atoms with E-state index in [9.17, 15) is 0 Å². The van der Waals surface area contributed by atoms with Gasteiger partial charge in [0.25, 0.3) is 0 Å². The van der Waals surface area contributed by atoms with Crippen LogP contribution in [0.4, 0.5) is 0 Å². The molecule has 0 spiro atoms. The molecule has 0 N–H and O–H groups in total. The summed E-state index contributed by atoms with van der Waals surface area (Å²) in [5.74, 6) is 2.36. The summed E-state index contributed by atoms with van der Waals surface area (Å²) in [4.78, 5) is 0. The van der Waals surface area contributed by atoms with Gasteiger partial charge in [-0.3, -0.25) is 0 Å². The van der Waals surface area contributed by atoms with Crippen molar-refractivity contribution in [2.24, 2.45) is 0 Å². The Kier molecular flexibility index (Phi) is 4.16. The Morgan fingerprint density at radius 3 is 2.21 bits per heavy atom. The summed E-state index contributed by atoms with van der Waals surface area (Å²) in [5.41, 5.74) is 5.90. The summed E-state index contributed by atoms with van der Waals surface area (Å²) in [7, 11) is 0. The van der Waals surface area contributed by atoms with E-state index in [1.54, 1.807) is 0 Å². The molecule has 0 bridgehead atoms. The van der Waals surface area contributed by atoms with Gasteiger partial charge in [-0.1, -0.05) is 18.2 Å². The molecule has 0 aromatic heterocycles. The highest BCUT2D eigenvalue weighted by atomic mass is 35.5. The number of hydrogen-bond donors (Lipinski definition) is 0. The van der Waals surface area contributed by atoms with E-state index in [4.69, 9.17) is 16.3 Å². The third-order valence-electron chi connectivity index (χ3n) is 3.55. The predicted molar refractivity (Wildman–Crippen MR) is 81.5 cm³/mol. The molecule has 19 heavy (non-hydrogen) atoms. The van der Waals surface area contributed by atoms with Crippen LogP contribution in [0.1, 0.15) is 27.8 Å². The predicted octanol–water partition coefficient (Wildman–Crippen LogP) is 5.45. The van der Waals surface area contributed by atoms with Crippen LogP contribution in [0.5, 0.6) is 11.5 Å². The van der Waals surface area contributed by atoms with Gasteiger partial charge >= 0.3 is 0 Å². The molecule has 0 aliphatic rings. The van der Waals surface area contributed by atoms with Crippen LogP contribution in [0.2, 0.25) is 0 Å². The van der Waals surface area contributed by atoms with E-state index < -0.39 is 0 Å². The van der Waals surface area contributed by atoms with E-state index in [1.807, 2.05) is 18.2 Å². The van der Waals surface area contributed by atoms with Gasteiger partial charge in [0, 0.05) is 5.88 Å². The van der Waals surface area contributed by atoms with Gasteiger partial charge in [0.1, 0.15) is 11.5 Å². The quantitative estimate of drug-likeness (QED) is 0.676. The van der Waals surface area contributed by atoms with Crippen LogP contribution in [0.15, 0.2) is 30.3 Å². The first kappa shape index (κ1) is 14.0. The Morgan fingerprint density at radius 2 is 1.58 bits per heavy atom. The maximum absolute atomic E-state index is 6.06. The minimum atomic E-state index is 0.536. The lowest BCUT2D eigenvalue weighted by Gasteiger charge is -2.14. The smallest absolute Gasteiger partial charge is 0.133 e. The van der Waals surface area contributed by atoms with Gasteiger partial charge in [0.2, 0.25) is 0 Å². The normalized spacial score (nSPS) is 10.6. The van der Waals surface area contributed by atoms with Crippen molar-refractivity contribution >= 4 is 11.6 Å². The lowest BCUT2D eigenvalue weighted by atomic mass is 10.1. The van der Waals surface area contributed by atoms with Gasteiger partial charge in [0.05, 0.1) is 0 Å². The largest absolute Gasteiger partial charge is 0.457 e. The number of ether oxygens (including phenoxy) is 1. The summed E-state index contributed by atoms with van der Waals surface area (Å²) in [6.45, 7) is 8.32. The van der Waals surface area contributed by atoms with Crippen molar-refractivity contribution < 1.29 is 4.74 Å². The Hall–Kier alpha value is -1.47. The van der Waals surface area contributed by atoms with E-state index in [2.05, 4.69) is 39.8 Å². The molecular weight excluding hydrogens is 256 g/mol. The first-order valence-corrected chi connectivity index (χ1v) is 6.96. The zero-order valence-corrected chi connectivity index (χ0v) is 12.6. The standard InChI is InChI=1S/C17H19ClO/c1-11-5-6-12(2)17(14(11)4)19-16-8-7-15(10-18)13(3)9-16/h5-9H,10H2,1-4H3. The Bertz CT molecular complexity index is 602. The second kappa shape index (κ2) is 5.66. The zero-order valence-electron chi connectivity index (χ0n) is 11.9. The molecule has 0 atom stereocenters. The number of hydrogen-bond acceptors (Lipinski definition) is 1. The average Bonchev–Trinajstić information content (AvgIpc) is 2.39. The van der Waals surface area contributed by atoms with Crippen molar-refractivity contribution in [1.29, 1.82) is 0 Å². The SMILES string of the molecule is Cc1cc(Oc2c(C)ccc(C)c2C)ccc1CCl. The second-order valence-corrected chi connectivity index (χ2v) is 5.24. The summed E-state index contributed by atoms with van der Waals surface area (Å²) in [5, 5.41) is 0. The van der Waals surface area contributed by atoms with Crippen LogP contribution in [-0.4, -0.2) is 0 Å². The van der Waals surface area contributed by atoms with Crippen molar-refractivity contribution in [1.82, 2.24) is 0 Å². The summed E-state index contributed by atoms with van der Waals surface area (Å²) < 4.78 is 6.06. The van der Waals surface area contributed by atoms with Crippen molar-refractivity contribution in [2.45, 2.75) is 33.6 Å². The van der Waals surface area contributed by atoms with E-state index in [-0.39, 0.29) is 0 Å². The number of benzene rings is 2. The van der Waals surface area contributed by atoms with Gasteiger partial charge in [-0.05, 0) is 67.6 Å². The molecule has 0 aliphatic heterocycles. The number of halogens is 1. The average molecular weight is 275 g/mol. The zero-order chi connectivity index (χ0) is 14.0. The summed E-state index contributed by atoms with van der Waals surface area (Å²) >= 11 is 5.88. The summed E-state index contributed by atoms with van der Waals surface area (Å²) in [6, 6.07) is 10.3. The molecule has 100 valence electrons. The molecule has 1 nitrogen and oxygen atoms in total. The highest BCUT2D eigenvalue weighted by Crippen LogP contribution is 2.31. The molecule has 2 heteroatoms. The van der Waals surface area contributed by atoms with E-state index >= 15 is 0 Å². The number of rotatable bonds is 3. The maximum atomic E-state index is 6.06. The van der Waals surface area contributed by atoms with Gasteiger partial charge in [-0.2, -0.15) is 0 Å². The van der Waals surface area contributed by atoms with Crippen LogP contribution >= 0.6 is 11.6 Å². The van der Waals surface area contributed by atoms with Crippen molar-refractivity contribution in [3.05, 3.63) is 58.1 Å². The van der Waals surface area contributed by atoms with Crippen LogP contribution in [0, 0.1) is 27.7 Å². The Morgan fingerprint density at radius 1 is 0.895 bits per heavy atom. The molecule has 2 aromatic carbocycles. The molecular formula is C17H19ClO. The van der Waals surface area contributed by atoms with E-state index in [1.165, 1.54) is 11.1 Å². The fourth-order valence-electron chi connectivity index (χ4n) is 2.08. The number of alkyl halides is 1. The molecule has 0 saturated heterocycles. The van der Waals surface area contributed by atoms with Gasteiger partial charge in [0.15, 0.2) is 0 Å². The molecule has 0 amide bonds. The van der Waals surface area contributed by atoms with Gasteiger partial charge in [-0.15, -0.1) is 11.6 Å². The molecule has 0 saturated carbocycles. The lowest BCUT2D eigenvalue weighted by Crippen LogP contribution is -1.94. The van der Waals surface area contributed by atoms with Crippen LogP contribution in [0.3, 0.4) is 0 Å². The highest BCUT2D eigenvalue weighted by Gasteiger charge is 2.08. The van der Waals surface area contributed by atoms with Crippen molar-refractivity contribution in [3.63, 3.8) is 0 Å². The molecule has 0 fully saturated rings. The fraction of sp³-hybridized carbons (Fsp3) is 0.294. The molecule has 2 aromatic rings. The first-order chi connectivity index (χ1) is 9.02. The third-order valence-corrected chi connectivity index (χ3v) is 3.84. The van der Waals surface area contributed by atoms with Crippen LogP contribution in [-0.2, 0) is 5.88 Å². The molecule has 0 heterocycles. The minimum absolute atomic E-state index is 0.536. The monoisotopic (exact) mass is 274 g/mol. The second-order valence-electron chi connectivity index (χ2n) is 4.98. The maximum Gasteiger partial charge on any atom is 0.133 e. The van der Waals surface area contributed by atoms with E-state index in [0.29, 0.717) is 5.88 Å². The van der Waals surface area contributed by atoms with Crippen molar-refractivity contribution in [3.8, 4) is 11.5 Å². The minimum Gasteiger partial charge on any atom is -0.457 e. The fourth-order valence-corrected chi connectivity index (χ4v) is 2.38. The first-order valence-electron chi connectivity index (χ1n) is 6.43. The van der Waals surface area contributed by atoms with Crippen LogP contribution < -0.4 is 4.74 Å². The Labute approximate surface area is 120 Å². The van der Waals surface area contributed by atoms with Gasteiger partial charge < -0.3 is 4.74 Å². The van der Waals surface area contributed by atoms with Crippen LogP contribution in [0.25, 0.3) is 0 Å². The molecule has 0 unspecified atom stereocenters. The number of aryl methyl sites for hydroxylation is 3. The van der Waals surface area contributed by atoms with Crippen molar-refractivity contribution in [2.75, 3.05) is 0 Å². The van der Waals surface area contributed by atoms with Gasteiger partial charge in [-0.25, -0.2) is 0 Å². The molecule has 2 rings (SSSR count). The molecule has 0 aliphatic carbocycles. The molecule has 0 radical (unpaired) electrons. The third kappa shape index (κ3) is 2.93. The topological polar surface area (TPSA) is 9.23 Å².